The number of hydrogen-bond donors (Lipinski definition) is 1. The molecule has 2 rings (SSSR count). The van der Waals surface area contributed by atoms with Gasteiger partial charge in [0.15, 0.2) is 6.10 Å². The summed E-state index contributed by atoms with van der Waals surface area (Å²) in [5.74, 6) is -1.14. The highest BCUT2D eigenvalue weighted by atomic mass is 16.6. The van der Waals surface area contributed by atoms with E-state index in [9.17, 15) is 19.7 Å². The van der Waals surface area contributed by atoms with Gasteiger partial charge in [0.1, 0.15) is 5.69 Å². The summed E-state index contributed by atoms with van der Waals surface area (Å²) in [7, 11) is 0. The highest BCUT2D eigenvalue weighted by Crippen LogP contribution is 2.32. The van der Waals surface area contributed by atoms with Gasteiger partial charge < -0.3 is 15.4 Å². The highest BCUT2D eigenvalue weighted by molar-refractivity contribution is 5.93. The van der Waals surface area contributed by atoms with E-state index in [-0.39, 0.29) is 11.3 Å². The second-order valence-corrected chi connectivity index (χ2v) is 6.10. The smallest absolute Gasteiger partial charge is 0.339 e. The second-order valence-electron chi connectivity index (χ2n) is 6.10. The number of rotatable bonds is 5. The van der Waals surface area contributed by atoms with E-state index < -0.39 is 22.9 Å². The van der Waals surface area contributed by atoms with E-state index in [0.717, 1.165) is 25.9 Å². The van der Waals surface area contributed by atoms with Crippen LogP contribution in [0, 0.1) is 16.0 Å². The first-order chi connectivity index (χ1) is 11.3. The third-order valence-corrected chi connectivity index (χ3v) is 4.09. The number of nitrogens with zero attached hydrogens (tertiary/aromatic N) is 2. The zero-order valence-electron chi connectivity index (χ0n) is 13.7. The van der Waals surface area contributed by atoms with Crippen molar-refractivity contribution >= 4 is 23.3 Å². The summed E-state index contributed by atoms with van der Waals surface area (Å²) < 4.78 is 4.89. The monoisotopic (exact) mass is 335 g/mol. The van der Waals surface area contributed by atoms with E-state index in [1.165, 1.54) is 19.1 Å². The van der Waals surface area contributed by atoms with E-state index in [2.05, 4.69) is 6.92 Å². The summed E-state index contributed by atoms with van der Waals surface area (Å²) in [6.07, 6.45) is 0.969. The van der Waals surface area contributed by atoms with Gasteiger partial charge in [-0.25, -0.2) is 4.79 Å². The van der Waals surface area contributed by atoms with Crippen LogP contribution in [0.3, 0.4) is 0 Å². The molecule has 130 valence electrons. The van der Waals surface area contributed by atoms with Gasteiger partial charge in [0.2, 0.25) is 0 Å². The first-order valence-electron chi connectivity index (χ1n) is 7.83. The number of carbonyl (C=O) groups excluding carboxylic acids is 2. The molecule has 2 N–H and O–H groups in total. The van der Waals surface area contributed by atoms with E-state index >= 15 is 0 Å². The molecule has 1 heterocycles. The van der Waals surface area contributed by atoms with Gasteiger partial charge in [-0.2, -0.15) is 0 Å². The van der Waals surface area contributed by atoms with E-state index in [0.29, 0.717) is 11.6 Å². The Morgan fingerprint density at radius 3 is 2.75 bits per heavy atom. The van der Waals surface area contributed by atoms with Gasteiger partial charge in [0, 0.05) is 19.2 Å². The van der Waals surface area contributed by atoms with Crippen LogP contribution in [0.1, 0.15) is 37.0 Å². The SMILES string of the molecule is C[C@H]1CCCN(c2ccc(C(=O)O[C@@H](C)C(N)=O)cc2[N+](=O)[O-])C1. The fourth-order valence-electron chi connectivity index (χ4n) is 2.76. The molecular weight excluding hydrogens is 314 g/mol. The van der Waals surface area contributed by atoms with Gasteiger partial charge >= 0.3 is 5.97 Å². The molecule has 8 nitrogen and oxygen atoms in total. The third kappa shape index (κ3) is 4.01. The van der Waals surface area contributed by atoms with Gasteiger partial charge in [0.05, 0.1) is 10.5 Å². The zero-order chi connectivity index (χ0) is 17.9. The van der Waals surface area contributed by atoms with Crippen molar-refractivity contribution in [3.63, 3.8) is 0 Å². The summed E-state index contributed by atoms with van der Waals surface area (Å²) in [5.41, 5.74) is 5.41. The van der Waals surface area contributed by atoms with Crippen LogP contribution in [-0.2, 0) is 9.53 Å². The van der Waals surface area contributed by atoms with Crippen LogP contribution in [0.15, 0.2) is 18.2 Å². The molecule has 1 saturated heterocycles. The van der Waals surface area contributed by atoms with E-state index in [4.69, 9.17) is 10.5 Å². The zero-order valence-corrected chi connectivity index (χ0v) is 13.7. The predicted molar refractivity (Wildman–Crippen MR) is 87.8 cm³/mol. The number of amides is 1. The Labute approximate surface area is 139 Å². The molecule has 1 aliphatic rings. The molecule has 0 saturated carbocycles. The number of primary amides is 1. The summed E-state index contributed by atoms with van der Waals surface area (Å²) in [4.78, 5) is 35.8. The van der Waals surface area contributed by atoms with Gasteiger partial charge in [0.25, 0.3) is 11.6 Å². The Kier molecular flexibility index (Phi) is 5.38. The summed E-state index contributed by atoms with van der Waals surface area (Å²) in [5, 5.41) is 11.4. The van der Waals surface area contributed by atoms with Crippen LogP contribution < -0.4 is 10.6 Å². The fraction of sp³-hybridized carbons (Fsp3) is 0.500. The molecule has 0 radical (unpaired) electrons. The number of piperidine rings is 1. The lowest BCUT2D eigenvalue weighted by Crippen LogP contribution is -2.34. The van der Waals surface area contributed by atoms with E-state index in [1.807, 2.05) is 4.90 Å². The quantitative estimate of drug-likeness (QED) is 0.499. The molecule has 1 aromatic rings. The van der Waals surface area contributed by atoms with Crippen LogP contribution >= 0.6 is 0 Å². The van der Waals surface area contributed by atoms with Crippen molar-refractivity contribution in [1.29, 1.82) is 0 Å². The standard InChI is InChI=1S/C16H21N3O5/c1-10-4-3-7-18(9-10)13-6-5-12(8-14(13)19(22)23)16(21)24-11(2)15(17)20/h5-6,8,10-11H,3-4,7,9H2,1-2H3,(H2,17,20)/t10-,11-/m0/s1. The average Bonchev–Trinajstić information content (AvgIpc) is 2.54. The second kappa shape index (κ2) is 7.29. The molecule has 1 aromatic carbocycles. The predicted octanol–water partition coefficient (Wildman–Crippen LogP) is 1.86. The first kappa shape index (κ1) is 17.7. The molecule has 1 aliphatic heterocycles. The number of anilines is 1. The van der Waals surface area contributed by atoms with Crippen molar-refractivity contribution < 1.29 is 19.2 Å². The molecule has 0 aliphatic carbocycles. The maximum Gasteiger partial charge on any atom is 0.339 e. The largest absolute Gasteiger partial charge is 0.449 e. The molecule has 1 fully saturated rings. The normalized spacial score (nSPS) is 18.8. The van der Waals surface area contributed by atoms with Crippen LogP contribution in [0.25, 0.3) is 0 Å². The maximum atomic E-state index is 12.0. The van der Waals surface area contributed by atoms with Gasteiger partial charge in [-0.3, -0.25) is 14.9 Å². The molecule has 24 heavy (non-hydrogen) atoms. The molecule has 0 bridgehead atoms. The fourth-order valence-corrected chi connectivity index (χ4v) is 2.76. The molecule has 0 unspecified atom stereocenters. The third-order valence-electron chi connectivity index (χ3n) is 4.09. The molecule has 2 atom stereocenters. The number of carbonyl (C=O) groups is 2. The lowest BCUT2D eigenvalue weighted by Gasteiger charge is -2.32. The Morgan fingerprint density at radius 2 is 2.17 bits per heavy atom. The van der Waals surface area contributed by atoms with E-state index in [1.54, 1.807) is 6.07 Å². The number of nitro benzene ring substituents is 1. The molecule has 8 heteroatoms. The summed E-state index contributed by atoms with van der Waals surface area (Å²) >= 11 is 0. The Morgan fingerprint density at radius 1 is 1.46 bits per heavy atom. The van der Waals surface area contributed by atoms with Crippen molar-refractivity contribution in [3.05, 3.63) is 33.9 Å². The lowest BCUT2D eigenvalue weighted by atomic mass is 9.99. The van der Waals surface area contributed by atoms with Crippen molar-refractivity contribution in [1.82, 2.24) is 0 Å². The van der Waals surface area contributed by atoms with Crippen LogP contribution in [0.5, 0.6) is 0 Å². The van der Waals surface area contributed by atoms with Crippen LogP contribution in [0.4, 0.5) is 11.4 Å². The average molecular weight is 335 g/mol. The van der Waals surface area contributed by atoms with Gasteiger partial charge in [-0.1, -0.05) is 6.92 Å². The minimum absolute atomic E-state index is 0.0172. The maximum absolute atomic E-state index is 12.0. The molecular formula is C16H21N3O5. The first-order valence-corrected chi connectivity index (χ1v) is 7.83. The number of esters is 1. The summed E-state index contributed by atoms with van der Waals surface area (Å²) in [6.45, 7) is 4.93. The van der Waals surface area contributed by atoms with Crippen molar-refractivity contribution in [3.8, 4) is 0 Å². The van der Waals surface area contributed by atoms with Crippen LogP contribution in [0.2, 0.25) is 0 Å². The molecule has 0 aromatic heterocycles. The Bertz CT molecular complexity index is 661. The number of hydrogen-bond acceptors (Lipinski definition) is 6. The Hall–Kier alpha value is -2.64. The van der Waals surface area contributed by atoms with Crippen molar-refractivity contribution in [2.24, 2.45) is 11.7 Å². The number of benzene rings is 1. The number of nitro groups is 1. The van der Waals surface area contributed by atoms with Crippen LogP contribution in [-0.4, -0.2) is 36.0 Å². The Balaban J connectivity index is 2.28. The van der Waals surface area contributed by atoms with Crippen molar-refractivity contribution in [2.45, 2.75) is 32.8 Å². The van der Waals surface area contributed by atoms with Gasteiger partial charge in [-0.15, -0.1) is 0 Å². The highest BCUT2D eigenvalue weighted by Gasteiger charge is 2.26. The van der Waals surface area contributed by atoms with Gasteiger partial charge in [-0.05, 0) is 37.8 Å². The van der Waals surface area contributed by atoms with Crippen molar-refractivity contribution in [2.75, 3.05) is 18.0 Å². The topological polar surface area (TPSA) is 116 Å². The molecule has 0 spiro atoms. The minimum atomic E-state index is -1.10. The number of nitrogens with two attached hydrogens (primary N) is 1. The lowest BCUT2D eigenvalue weighted by molar-refractivity contribution is -0.384. The summed E-state index contributed by atoms with van der Waals surface area (Å²) in [6, 6.07) is 4.21. The number of ether oxygens (including phenoxy) is 1. The minimum Gasteiger partial charge on any atom is -0.449 e. The molecule has 1 amide bonds.